The number of anilines is 3. The first-order valence-electron chi connectivity index (χ1n) is 9.89. The maximum Gasteiger partial charge on any atom is 0.231 e. The van der Waals surface area contributed by atoms with Crippen molar-refractivity contribution in [3.05, 3.63) is 35.9 Å². The van der Waals surface area contributed by atoms with Gasteiger partial charge in [-0.1, -0.05) is 37.3 Å². The number of aromatic nitrogens is 3. The smallest absolute Gasteiger partial charge is 0.231 e. The Morgan fingerprint density at radius 1 is 1.00 bits per heavy atom. The summed E-state index contributed by atoms with van der Waals surface area (Å²) in [5, 5.41) is 16.1. The number of piperidine rings is 1. The largest absolute Gasteiger partial charge is 0.394 e. The zero-order valence-corrected chi connectivity index (χ0v) is 16.2. The second kappa shape index (κ2) is 9.50. The number of aliphatic hydroxyl groups excluding tert-OH is 1. The molecule has 3 rings (SSSR count). The number of hydrogen-bond donors (Lipinski definition) is 3. The van der Waals surface area contributed by atoms with E-state index in [1.54, 1.807) is 0 Å². The standard InChI is InChI=1S/C20H30N6O/c1-3-17(14-27)22-19-23-18(21-15(2)16-10-6-4-7-11-16)24-20(25-19)26-12-8-5-9-13-26/h4,6-7,10-11,15,17,27H,3,5,8-9,12-14H2,1-2H3,(H2,21,22,23,24,25)/t15?,17-/m1/s1. The van der Waals surface area contributed by atoms with Crippen molar-refractivity contribution in [2.75, 3.05) is 35.2 Å². The quantitative estimate of drug-likeness (QED) is 0.658. The minimum Gasteiger partial charge on any atom is -0.394 e. The first-order valence-corrected chi connectivity index (χ1v) is 9.89. The van der Waals surface area contributed by atoms with Gasteiger partial charge in [0.2, 0.25) is 17.8 Å². The van der Waals surface area contributed by atoms with Gasteiger partial charge in [0, 0.05) is 13.1 Å². The molecule has 1 fully saturated rings. The van der Waals surface area contributed by atoms with E-state index in [0.717, 1.165) is 32.4 Å². The van der Waals surface area contributed by atoms with Crippen LogP contribution >= 0.6 is 0 Å². The van der Waals surface area contributed by atoms with Gasteiger partial charge in [-0.25, -0.2) is 0 Å². The molecule has 1 aliphatic heterocycles. The Hall–Kier alpha value is -2.41. The van der Waals surface area contributed by atoms with Crippen molar-refractivity contribution in [3.8, 4) is 0 Å². The molecule has 0 aliphatic carbocycles. The van der Waals surface area contributed by atoms with Gasteiger partial charge in [0.25, 0.3) is 0 Å². The van der Waals surface area contributed by atoms with E-state index in [1.165, 1.54) is 12.0 Å². The molecular formula is C20H30N6O. The molecule has 1 aromatic heterocycles. The molecule has 7 nitrogen and oxygen atoms in total. The van der Waals surface area contributed by atoms with Crippen LogP contribution in [-0.4, -0.2) is 45.8 Å². The molecule has 2 heterocycles. The van der Waals surface area contributed by atoms with Crippen LogP contribution in [0.25, 0.3) is 0 Å². The summed E-state index contributed by atoms with van der Waals surface area (Å²) < 4.78 is 0. The average molecular weight is 371 g/mol. The molecule has 27 heavy (non-hydrogen) atoms. The van der Waals surface area contributed by atoms with Gasteiger partial charge in [-0.2, -0.15) is 15.0 Å². The van der Waals surface area contributed by atoms with Crippen LogP contribution in [0.4, 0.5) is 17.8 Å². The third kappa shape index (κ3) is 5.29. The van der Waals surface area contributed by atoms with Crippen molar-refractivity contribution in [1.82, 2.24) is 15.0 Å². The maximum absolute atomic E-state index is 9.51. The monoisotopic (exact) mass is 370 g/mol. The molecule has 1 unspecified atom stereocenters. The normalized spacial score (nSPS) is 16.6. The summed E-state index contributed by atoms with van der Waals surface area (Å²) in [7, 11) is 0. The molecule has 1 aliphatic rings. The van der Waals surface area contributed by atoms with E-state index in [4.69, 9.17) is 0 Å². The SMILES string of the molecule is CC[C@H](CO)Nc1nc(NC(C)c2ccccc2)nc(N2CCCCC2)n1. The Balaban J connectivity index is 1.84. The predicted octanol–water partition coefficient (Wildman–Crippen LogP) is 3.22. The van der Waals surface area contributed by atoms with Crippen LogP contribution < -0.4 is 15.5 Å². The minimum absolute atomic E-state index is 0.0460. The minimum atomic E-state index is -0.0685. The van der Waals surface area contributed by atoms with Gasteiger partial charge in [0.15, 0.2) is 0 Å². The highest BCUT2D eigenvalue weighted by Crippen LogP contribution is 2.22. The van der Waals surface area contributed by atoms with Gasteiger partial charge < -0.3 is 20.6 Å². The van der Waals surface area contributed by atoms with Crippen molar-refractivity contribution in [2.45, 2.75) is 51.6 Å². The lowest BCUT2D eigenvalue weighted by atomic mass is 10.1. The van der Waals surface area contributed by atoms with Gasteiger partial charge in [-0.15, -0.1) is 0 Å². The lowest BCUT2D eigenvalue weighted by Crippen LogP contribution is -2.32. The van der Waals surface area contributed by atoms with Crippen LogP contribution in [0.5, 0.6) is 0 Å². The van der Waals surface area contributed by atoms with E-state index < -0.39 is 0 Å². The van der Waals surface area contributed by atoms with E-state index in [0.29, 0.717) is 17.8 Å². The molecule has 0 bridgehead atoms. The first-order chi connectivity index (χ1) is 13.2. The van der Waals surface area contributed by atoms with E-state index in [9.17, 15) is 5.11 Å². The van der Waals surface area contributed by atoms with E-state index in [1.807, 2.05) is 25.1 Å². The number of nitrogens with zero attached hydrogens (tertiary/aromatic N) is 4. The van der Waals surface area contributed by atoms with Crippen LogP contribution in [-0.2, 0) is 0 Å². The molecule has 146 valence electrons. The molecule has 0 radical (unpaired) electrons. The van der Waals surface area contributed by atoms with Crippen LogP contribution in [0.15, 0.2) is 30.3 Å². The van der Waals surface area contributed by atoms with Crippen LogP contribution in [0, 0.1) is 0 Å². The Kier molecular flexibility index (Phi) is 6.81. The molecule has 7 heteroatoms. The third-order valence-electron chi connectivity index (χ3n) is 4.95. The van der Waals surface area contributed by atoms with Crippen molar-refractivity contribution in [3.63, 3.8) is 0 Å². The summed E-state index contributed by atoms with van der Waals surface area (Å²) in [6.45, 7) is 6.10. The highest BCUT2D eigenvalue weighted by molar-refractivity contribution is 5.45. The zero-order valence-electron chi connectivity index (χ0n) is 16.2. The van der Waals surface area contributed by atoms with E-state index >= 15 is 0 Å². The summed E-state index contributed by atoms with van der Waals surface area (Å²) in [4.78, 5) is 16.1. The fourth-order valence-corrected chi connectivity index (χ4v) is 3.21. The fraction of sp³-hybridized carbons (Fsp3) is 0.550. The molecule has 1 saturated heterocycles. The fourth-order valence-electron chi connectivity index (χ4n) is 3.21. The number of aliphatic hydroxyl groups is 1. The van der Waals surface area contributed by atoms with E-state index in [2.05, 4.69) is 49.5 Å². The van der Waals surface area contributed by atoms with Crippen LogP contribution in [0.3, 0.4) is 0 Å². The van der Waals surface area contributed by atoms with Crippen LogP contribution in [0.1, 0.15) is 51.1 Å². The summed E-state index contributed by atoms with van der Waals surface area (Å²) in [5.74, 6) is 1.76. The van der Waals surface area contributed by atoms with Crippen molar-refractivity contribution in [2.24, 2.45) is 0 Å². The number of benzene rings is 1. The second-order valence-electron chi connectivity index (χ2n) is 7.04. The summed E-state index contributed by atoms with van der Waals surface area (Å²) >= 11 is 0. The first kappa shape index (κ1) is 19.4. The van der Waals surface area contributed by atoms with Crippen molar-refractivity contribution in [1.29, 1.82) is 0 Å². The molecule has 0 spiro atoms. The summed E-state index contributed by atoms with van der Waals surface area (Å²) in [6.07, 6.45) is 4.37. The topological polar surface area (TPSA) is 86.2 Å². The summed E-state index contributed by atoms with van der Waals surface area (Å²) in [5.41, 5.74) is 1.17. The molecule has 3 N–H and O–H groups in total. The molecule has 0 amide bonds. The highest BCUT2D eigenvalue weighted by Gasteiger charge is 2.18. The Labute approximate surface area is 161 Å². The third-order valence-corrected chi connectivity index (χ3v) is 4.95. The maximum atomic E-state index is 9.51. The second-order valence-corrected chi connectivity index (χ2v) is 7.04. The highest BCUT2D eigenvalue weighted by atomic mass is 16.3. The zero-order chi connectivity index (χ0) is 19.1. The van der Waals surface area contributed by atoms with Crippen molar-refractivity contribution < 1.29 is 5.11 Å². The number of rotatable bonds is 8. The lowest BCUT2D eigenvalue weighted by Gasteiger charge is -2.27. The van der Waals surface area contributed by atoms with Crippen LogP contribution in [0.2, 0.25) is 0 Å². The number of nitrogens with one attached hydrogen (secondary N) is 2. The molecule has 2 atom stereocenters. The molecular weight excluding hydrogens is 340 g/mol. The van der Waals surface area contributed by atoms with Crippen molar-refractivity contribution >= 4 is 17.8 Å². The Bertz CT molecular complexity index is 701. The Morgan fingerprint density at radius 2 is 1.67 bits per heavy atom. The van der Waals surface area contributed by atoms with E-state index in [-0.39, 0.29) is 18.7 Å². The average Bonchev–Trinajstić information content (AvgIpc) is 2.73. The summed E-state index contributed by atoms with van der Waals surface area (Å²) in [6, 6.07) is 10.2. The van der Waals surface area contributed by atoms with Gasteiger partial charge in [-0.05, 0) is 38.2 Å². The van der Waals surface area contributed by atoms with Gasteiger partial charge in [0.05, 0.1) is 18.7 Å². The Morgan fingerprint density at radius 3 is 2.30 bits per heavy atom. The molecule has 1 aromatic carbocycles. The molecule has 2 aromatic rings. The lowest BCUT2D eigenvalue weighted by molar-refractivity contribution is 0.271. The van der Waals surface area contributed by atoms with Gasteiger partial charge >= 0.3 is 0 Å². The number of hydrogen-bond acceptors (Lipinski definition) is 7. The molecule has 0 saturated carbocycles. The van der Waals surface area contributed by atoms with Gasteiger partial charge in [-0.3, -0.25) is 0 Å². The van der Waals surface area contributed by atoms with Gasteiger partial charge in [0.1, 0.15) is 0 Å². The predicted molar refractivity (Wildman–Crippen MR) is 109 cm³/mol.